The van der Waals surface area contributed by atoms with E-state index in [9.17, 15) is 4.79 Å². The fraction of sp³-hybridized carbons (Fsp3) is 0.111. The molecule has 2 heterocycles. The molecule has 0 atom stereocenters. The van der Waals surface area contributed by atoms with Crippen molar-refractivity contribution in [3.05, 3.63) is 70.3 Å². The van der Waals surface area contributed by atoms with Crippen molar-refractivity contribution >= 4 is 27.5 Å². The Morgan fingerprint density at radius 1 is 1.13 bits per heavy atom. The Bertz CT molecular complexity index is 870. The molecule has 1 aromatic heterocycles. The number of nitrogens with one attached hydrogen (secondary N) is 1. The monoisotopic (exact) mass is 367 g/mol. The lowest BCUT2D eigenvalue weighted by Gasteiger charge is -2.15. The van der Waals surface area contributed by atoms with E-state index in [1.807, 2.05) is 53.4 Å². The van der Waals surface area contributed by atoms with Crippen LogP contribution in [0.4, 0.5) is 5.69 Å². The Morgan fingerprint density at radius 3 is 2.74 bits per heavy atom. The third-order valence-electron chi connectivity index (χ3n) is 4.08. The Hall–Kier alpha value is -2.40. The maximum atomic E-state index is 12.8. The summed E-state index contributed by atoms with van der Waals surface area (Å²) in [5.74, 6) is -0.0363. The molecular formula is C18H14BrN3O. The van der Waals surface area contributed by atoms with Gasteiger partial charge in [0, 0.05) is 22.3 Å². The standard InChI is InChI=1S/C18H14BrN3O/c19-14-7-5-12(6-8-14)15-11-16(21-20-15)18(23)22-10-9-13-3-1-2-4-17(13)22/h1-8,11H,9-10H2,(H,20,21). The Morgan fingerprint density at radius 2 is 1.91 bits per heavy atom. The van der Waals surface area contributed by atoms with Gasteiger partial charge in [0.2, 0.25) is 0 Å². The zero-order valence-corrected chi connectivity index (χ0v) is 13.9. The zero-order valence-electron chi connectivity index (χ0n) is 12.3. The average Bonchev–Trinajstić information content (AvgIpc) is 3.22. The molecule has 1 amide bonds. The Labute approximate surface area is 142 Å². The van der Waals surface area contributed by atoms with Gasteiger partial charge in [0.15, 0.2) is 0 Å². The Balaban J connectivity index is 1.62. The number of carbonyl (C=O) groups excluding carboxylic acids is 1. The molecule has 0 unspecified atom stereocenters. The van der Waals surface area contributed by atoms with Crippen LogP contribution in [0.2, 0.25) is 0 Å². The van der Waals surface area contributed by atoms with Gasteiger partial charge in [-0.3, -0.25) is 9.89 Å². The number of H-pyrrole nitrogens is 1. The van der Waals surface area contributed by atoms with Crippen molar-refractivity contribution in [1.29, 1.82) is 0 Å². The second-order valence-corrected chi connectivity index (χ2v) is 6.42. The predicted octanol–water partition coefficient (Wildman–Crippen LogP) is 4.04. The Kier molecular flexibility index (Phi) is 3.50. The SMILES string of the molecule is O=C(c1cc(-c2ccc(Br)cc2)n[nH]1)N1CCc2ccccc21. The number of hydrogen-bond donors (Lipinski definition) is 1. The van der Waals surface area contributed by atoms with Crippen molar-refractivity contribution in [2.75, 3.05) is 11.4 Å². The predicted molar refractivity (Wildman–Crippen MR) is 93.5 cm³/mol. The molecule has 1 N–H and O–H groups in total. The number of aromatic amines is 1. The number of amides is 1. The number of hydrogen-bond acceptors (Lipinski definition) is 2. The largest absolute Gasteiger partial charge is 0.306 e. The zero-order chi connectivity index (χ0) is 15.8. The summed E-state index contributed by atoms with van der Waals surface area (Å²) in [6.45, 7) is 0.713. The molecule has 1 aliphatic heterocycles. The molecule has 0 radical (unpaired) electrons. The van der Waals surface area contributed by atoms with Crippen molar-refractivity contribution in [3.8, 4) is 11.3 Å². The molecule has 1 aliphatic rings. The van der Waals surface area contributed by atoms with Gasteiger partial charge in [0.1, 0.15) is 5.69 Å². The van der Waals surface area contributed by atoms with Gasteiger partial charge >= 0.3 is 0 Å². The van der Waals surface area contributed by atoms with Gasteiger partial charge in [0.25, 0.3) is 5.91 Å². The van der Waals surface area contributed by atoms with E-state index >= 15 is 0 Å². The fourth-order valence-electron chi connectivity index (χ4n) is 2.89. The summed E-state index contributed by atoms with van der Waals surface area (Å²) >= 11 is 3.42. The first-order valence-electron chi connectivity index (χ1n) is 7.43. The van der Waals surface area contributed by atoms with E-state index in [4.69, 9.17) is 0 Å². The summed E-state index contributed by atoms with van der Waals surface area (Å²) in [5.41, 5.74) is 4.48. The molecule has 2 aromatic carbocycles. The number of nitrogens with zero attached hydrogens (tertiary/aromatic N) is 2. The number of anilines is 1. The first kappa shape index (κ1) is 14.2. The molecule has 0 spiro atoms. The van der Waals surface area contributed by atoms with Crippen LogP contribution in [-0.4, -0.2) is 22.6 Å². The third kappa shape index (κ3) is 2.57. The normalized spacial score (nSPS) is 13.2. The van der Waals surface area contributed by atoms with Crippen molar-refractivity contribution in [2.24, 2.45) is 0 Å². The first-order chi connectivity index (χ1) is 11.2. The van der Waals surface area contributed by atoms with E-state index < -0.39 is 0 Å². The molecule has 3 aromatic rings. The molecule has 4 nitrogen and oxygen atoms in total. The summed E-state index contributed by atoms with van der Waals surface area (Å²) in [6.07, 6.45) is 0.898. The number of para-hydroxylation sites is 1. The van der Waals surface area contributed by atoms with Gasteiger partial charge in [-0.05, 0) is 36.2 Å². The van der Waals surface area contributed by atoms with Crippen molar-refractivity contribution < 1.29 is 4.79 Å². The maximum absolute atomic E-state index is 12.8. The van der Waals surface area contributed by atoms with Crippen LogP contribution in [-0.2, 0) is 6.42 Å². The number of rotatable bonds is 2. The lowest BCUT2D eigenvalue weighted by molar-refractivity contribution is 0.0984. The van der Waals surface area contributed by atoms with E-state index in [0.29, 0.717) is 12.2 Å². The van der Waals surface area contributed by atoms with Crippen molar-refractivity contribution in [3.63, 3.8) is 0 Å². The van der Waals surface area contributed by atoms with Gasteiger partial charge in [-0.2, -0.15) is 5.10 Å². The van der Waals surface area contributed by atoms with Crippen LogP contribution in [0.25, 0.3) is 11.3 Å². The molecule has 114 valence electrons. The van der Waals surface area contributed by atoms with Gasteiger partial charge in [-0.25, -0.2) is 0 Å². The lowest BCUT2D eigenvalue weighted by Crippen LogP contribution is -2.29. The van der Waals surface area contributed by atoms with Crippen LogP contribution in [0.3, 0.4) is 0 Å². The van der Waals surface area contributed by atoms with Crippen LogP contribution in [0.1, 0.15) is 16.1 Å². The third-order valence-corrected chi connectivity index (χ3v) is 4.61. The minimum atomic E-state index is -0.0363. The van der Waals surface area contributed by atoms with E-state index in [2.05, 4.69) is 32.2 Å². The van der Waals surface area contributed by atoms with E-state index in [0.717, 1.165) is 27.8 Å². The highest BCUT2D eigenvalue weighted by atomic mass is 79.9. The van der Waals surface area contributed by atoms with E-state index in [-0.39, 0.29) is 5.91 Å². The first-order valence-corrected chi connectivity index (χ1v) is 8.23. The highest BCUT2D eigenvalue weighted by Crippen LogP contribution is 2.29. The van der Waals surface area contributed by atoms with Crippen LogP contribution in [0.5, 0.6) is 0 Å². The minimum Gasteiger partial charge on any atom is -0.306 e. The smallest absolute Gasteiger partial charge is 0.276 e. The van der Waals surface area contributed by atoms with Gasteiger partial charge in [-0.15, -0.1) is 0 Å². The van der Waals surface area contributed by atoms with Crippen LogP contribution in [0.15, 0.2) is 59.1 Å². The molecule has 23 heavy (non-hydrogen) atoms. The summed E-state index contributed by atoms with van der Waals surface area (Å²) < 4.78 is 1.02. The summed E-state index contributed by atoms with van der Waals surface area (Å²) in [6, 6.07) is 17.7. The number of carbonyl (C=O) groups is 1. The molecule has 5 heteroatoms. The average molecular weight is 368 g/mol. The quantitative estimate of drug-likeness (QED) is 0.742. The van der Waals surface area contributed by atoms with E-state index in [1.54, 1.807) is 0 Å². The molecule has 0 fully saturated rings. The molecule has 4 rings (SSSR count). The summed E-state index contributed by atoms with van der Waals surface area (Å²) in [7, 11) is 0. The van der Waals surface area contributed by atoms with E-state index in [1.165, 1.54) is 5.56 Å². The van der Waals surface area contributed by atoms with Crippen LogP contribution >= 0.6 is 15.9 Å². The highest BCUT2D eigenvalue weighted by Gasteiger charge is 2.26. The van der Waals surface area contributed by atoms with Crippen LogP contribution < -0.4 is 4.90 Å². The summed E-state index contributed by atoms with van der Waals surface area (Å²) in [4.78, 5) is 14.6. The topological polar surface area (TPSA) is 49.0 Å². The maximum Gasteiger partial charge on any atom is 0.276 e. The molecule has 0 saturated heterocycles. The summed E-state index contributed by atoms with van der Waals surface area (Å²) in [5, 5.41) is 7.15. The van der Waals surface area contributed by atoms with Gasteiger partial charge in [-0.1, -0.05) is 46.3 Å². The van der Waals surface area contributed by atoms with Gasteiger partial charge in [0.05, 0.1) is 5.69 Å². The second kappa shape index (κ2) is 5.66. The number of fused-ring (bicyclic) bond motifs is 1. The molecule has 0 aliphatic carbocycles. The van der Waals surface area contributed by atoms with Crippen molar-refractivity contribution in [1.82, 2.24) is 10.2 Å². The molecular weight excluding hydrogens is 354 g/mol. The number of benzene rings is 2. The molecule has 0 bridgehead atoms. The number of halogens is 1. The minimum absolute atomic E-state index is 0.0363. The fourth-order valence-corrected chi connectivity index (χ4v) is 3.16. The lowest BCUT2D eigenvalue weighted by atomic mass is 10.1. The second-order valence-electron chi connectivity index (χ2n) is 5.51. The molecule has 0 saturated carbocycles. The highest BCUT2D eigenvalue weighted by molar-refractivity contribution is 9.10. The van der Waals surface area contributed by atoms with Gasteiger partial charge < -0.3 is 4.90 Å². The van der Waals surface area contributed by atoms with Crippen molar-refractivity contribution in [2.45, 2.75) is 6.42 Å². The van der Waals surface area contributed by atoms with Crippen LogP contribution in [0, 0.1) is 0 Å². The number of aromatic nitrogens is 2.